The molecule has 0 aliphatic heterocycles. The minimum atomic E-state index is -3.95. The average molecular weight is 342 g/mol. The van der Waals surface area contributed by atoms with Crippen LogP contribution in [0.3, 0.4) is 0 Å². The van der Waals surface area contributed by atoms with Gasteiger partial charge in [0, 0.05) is 11.9 Å². The molecule has 1 rings (SSSR count). The van der Waals surface area contributed by atoms with Crippen LogP contribution < -0.4 is 9.86 Å². The van der Waals surface area contributed by atoms with E-state index >= 15 is 0 Å². The van der Waals surface area contributed by atoms with E-state index < -0.39 is 41.4 Å². The van der Waals surface area contributed by atoms with Gasteiger partial charge in [-0.05, 0) is 18.2 Å². The summed E-state index contributed by atoms with van der Waals surface area (Å²) < 4.78 is 69.5. The van der Waals surface area contributed by atoms with Crippen molar-refractivity contribution >= 4 is 35.6 Å². The Balaban J connectivity index is 2.94. The molecule has 0 spiro atoms. The molecule has 0 aliphatic carbocycles. The van der Waals surface area contributed by atoms with Gasteiger partial charge in [0.05, 0.1) is 16.4 Å². The fourth-order valence-corrected chi connectivity index (χ4v) is 4.46. The summed E-state index contributed by atoms with van der Waals surface area (Å²) >= 11 is 0. The number of benzene rings is 1. The predicted octanol–water partition coefficient (Wildman–Crippen LogP) is -0.880. The third-order valence-electron chi connectivity index (χ3n) is 2.16. The minimum Gasteiger partial charge on any atom is -0.283 e. The van der Waals surface area contributed by atoms with Crippen molar-refractivity contribution in [3.63, 3.8) is 0 Å². The maximum absolute atomic E-state index is 11.7. The molecule has 0 bridgehead atoms. The van der Waals surface area contributed by atoms with Gasteiger partial charge < -0.3 is 0 Å². The van der Waals surface area contributed by atoms with Crippen LogP contribution in [-0.2, 0) is 29.9 Å². The van der Waals surface area contributed by atoms with Gasteiger partial charge in [-0.1, -0.05) is 6.07 Å². The van der Waals surface area contributed by atoms with E-state index in [0.717, 1.165) is 12.3 Å². The van der Waals surface area contributed by atoms with Crippen LogP contribution in [-0.4, -0.2) is 43.0 Å². The van der Waals surface area contributed by atoms with Crippen LogP contribution in [0, 0.1) is 0 Å². The first-order valence-corrected chi connectivity index (χ1v) is 10.5. The molecule has 0 aromatic heterocycles. The number of sulfone groups is 1. The van der Waals surface area contributed by atoms with Gasteiger partial charge in [-0.25, -0.2) is 30.4 Å². The van der Waals surface area contributed by atoms with E-state index in [1.807, 2.05) is 0 Å². The highest BCUT2D eigenvalue weighted by Crippen LogP contribution is 2.15. The summed E-state index contributed by atoms with van der Waals surface area (Å²) in [5, 5.41) is 4.92. The molecule has 11 heteroatoms. The van der Waals surface area contributed by atoms with Gasteiger partial charge >= 0.3 is 0 Å². The number of nitrogens with two attached hydrogens (primary N) is 1. The molecule has 1 aromatic carbocycles. The van der Waals surface area contributed by atoms with Crippen molar-refractivity contribution in [2.75, 3.05) is 22.5 Å². The second-order valence-corrected chi connectivity index (χ2v) is 9.79. The maximum Gasteiger partial charge on any atom is 0.238 e. The first kappa shape index (κ1) is 16.9. The monoisotopic (exact) mass is 342 g/mol. The van der Waals surface area contributed by atoms with Gasteiger partial charge in [0.25, 0.3) is 0 Å². The molecule has 0 aliphatic rings. The average Bonchev–Trinajstić information content (AvgIpc) is 2.24. The van der Waals surface area contributed by atoms with Crippen molar-refractivity contribution in [3.8, 4) is 0 Å². The highest BCUT2D eigenvalue weighted by atomic mass is 32.2. The minimum absolute atomic E-state index is 0.00924. The highest BCUT2D eigenvalue weighted by molar-refractivity contribution is 7.95. The normalized spacial score (nSPS) is 13.1. The van der Waals surface area contributed by atoms with E-state index in [2.05, 4.69) is 4.72 Å². The lowest BCUT2D eigenvalue weighted by Gasteiger charge is -2.08. The molecular formula is C9H14N2O6S3. The number of hydrogen-bond donors (Lipinski definition) is 2. The molecule has 3 N–H and O–H groups in total. The van der Waals surface area contributed by atoms with Gasteiger partial charge in [0.15, 0.2) is 0 Å². The summed E-state index contributed by atoms with van der Waals surface area (Å²) in [7, 11) is -11.3. The second kappa shape index (κ2) is 5.68. The number of sulfonamides is 2. The zero-order valence-corrected chi connectivity index (χ0v) is 12.9. The molecule has 20 heavy (non-hydrogen) atoms. The van der Waals surface area contributed by atoms with Gasteiger partial charge in [0.1, 0.15) is 9.84 Å². The quantitative estimate of drug-likeness (QED) is 0.688. The summed E-state index contributed by atoms with van der Waals surface area (Å²) in [6.07, 6.45) is 0.921. The van der Waals surface area contributed by atoms with Crippen LogP contribution in [0.15, 0.2) is 29.2 Å². The third kappa shape index (κ3) is 5.86. The van der Waals surface area contributed by atoms with Crippen LogP contribution in [0.2, 0.25) is 0 Å². The number of rotatable bonds is 6. The Labute approximate surface area is 118 Å². The second-order valence-electron chi connectivity index (χ2n) is 4.12. The van der Waals surface area contributed by atoms with Crippen LogP contribution >= 0.6 is 0 Å². The van der Waals surface area contributed by atoms with E-state index in [0.29, 0.717) is 0 Å². The molecule has 0 fully saturated rings. The largest absolute Gasteiger partial charge is 0.283 e. The van der Waals surface area contributed by atoms with Crippen molar-refractivity contribution in [3.05, 3.63) is 24.3 Å². The number of primary sulfonamides is 1. The topological polar surface area (TPSA) is 140 Å². The van der Waals surface area contributed by atoms with E-state index in [1.54, 1.807) is 0 Å². The zero-order valence-electron chi connectivity index (χ0n) is 10.5. The smallest absolute Gasteiger partial charge is 0.238 e. The number of anilines is 1. The van der Waals surface area contributed by atoms with Crippen molar-refractivity contribution in [1.29, 1.82) is 0 Å². The SMILES string of the molecule is CS(=O)(=O)CCS(=O)(=O)Nc1cccc(S(N)(=O)=O)c1. The Morgan fingerprint density at radius 1 is 1.05 bits per heavy atom. The van der Waals surface area contributed by atoms with E-state index in [9.17, 15) is 25.3 Å². The molecule has 0 atom stereocenters. The maximum atomic E-state index is 11.7. The number of nitrogens with one attached hydrogen (secondary N) is 1. The first-order chi connectivity index (χ1) is 8.89. The predicted molar refractivity (Wildman–Crippen MR) is 74.9 cm³/mol. The third-order valence-corrected chi connectivity index (χ3v) is 5.56. The molecule has 0 saturated carbocycles. The van der Waals surface area contributed by atoms with Gasteiger partial charge in [0.2, 0.25) is 20.0 Å². The Hall–Kier alpha value is -1.17. The summed E-state index contributed by atoms with van der Waals surface area (Å²) in [5.41, 5.74) is -0.00924. The van der Waals surface area contributed by atoms with E-state index in [4.69, 9.17) is 5.14 Å². The Morgan fingerprint density at radius 3 is 2.15 bits per heavy atom. The fraction of sp³-hybridized carbons (Fsp3) is 0.333. The Morgan fingerprint density at radius 2 is 1.65 bits per heavy atom. The molecule has 0 saturated heterocycles. The highest BCUT2D eigenvalue weighted by Gasteiger charge is 2.16. The lowest BCUT2D eigenvalue weighted by atomic mass is 10.3. The van der Waals surface area contributed by atoms with Gasteiger partial charge in [-0.15, -0.1) is 0 Å². The molecule has 0 amide bonds. The summed E-state index contributed by atoms with van der Waals surface area (Å²) in [5.74, 6) is -1.15. The van der Waals surface area contributed by atoms with Crippen molar-refractivity contribution in [1.82, 2.24) is 0 Å². The van der Waals surface area contributed by atoms with Gasteiger partial charge in [-0.2, -0.15) is 0 Å². The zero-order chi connectivity index (χ0) is 15.6. The van der Waals surface area contributed by atoms with Crippen LogP contribution in [0.4, 0.5) is 5.69 Å². The number of hydrogen-bond acceptors (Lipinski definition) is 6. The van der Waals surface area contributed by atoms with Crippen LogP contribution in [0.25, 0.3) is 0 Å². The molecule has 114 valence electrons. The Kier molecular flexibility index (Phi) is 4.79. The summed E-state index contributed by atoms with van der Waals surface area (Å²) in [6, 6.07) is 4.90. The summed E-state index contributed by atoms with van der Waals surface area (Å²) in [6.45, 7) is 0. The molecule has 1 aromatic rings. The van der Waals surface area contributed by atoms with Crippen molar-refractivity contribution < 1.29 is 25.3 Å². The fourth-order valence-electron chi connectivity index (χ4n) is 1.23. The lowest BCUT2D eigenvalue weighted by Crippen LogP contribution is -2.22. The first-order valence-electron chi connectivity index (χ1n) is 5.20. The van der Waals surface area contributed by atoms with Gasteiger partial charge in [-0.3, -0.25) is 4.72 Å². The van der Waals surface area contributed by atoms with Crippen LogP contribution in [0.5, 0.6) is 0 Å². The molecule has 0 unspecified atom stereocenters. The molecule has 0 heterocycles. The lowest BCUT2D eigenvalue weighted by molar-refractivity contribution is 0.593. The molecule has 8 nitrogen and oxygen atoms in total. The molecular weight excluding hydrogens is 328 g/mol. The van der Waals surface area contributed by atoms with E-state index in [-0.39, 0.29) is 10.6 Å². The standard InChI is InChI=1S/C9H14N2O6S3/c1-18(12,13)5-6-19(14,15)11-8-3-2-4-9(7-8)20(10,16)17/h2-4,7,11H,5-6H2,1H3,(H2,10,16,17). The van der Waals surface area contributed by atoms with Crippen molar-refractivity contribution in [2.45, 2.75) is 4.90 Å². The van der Waals surface area contributed by atoms with Crippen molar-refractivity contribution in [2.24, 2.45) is 5.14 Å². The molecule has 0 radical (unpaired) electrons. The summed E-state index contributed by atoms with van der Waals surface area (Å²) in [4.78, 5) is -0.249. The van der Waals surface area contributed by atoms with E-state index in [1.165, 1.54) is 18.2 Å². The Bertz CT molecular complexity index is 796. The van der Waals surface area contributed by atoms with Crippen LogP contribution in [0.1, 0.15) is 0 Å².